The number of benzene rings is 1. The third kappa shape index (κ3) is 4.83. The van der Waals surface area contributed by atoms with E-state index in [1.165, 1.54) is 0 Å². The molecule has 2 aromatic rings. The van der Waals surface area contributed by atoms with Crippen LogP contribution in [0.2, 0.25) is 0 Å². The van der Waals surface area contributed by atoms with Crippen molar-refractivity contribution in [3.05, 3.63) is 68.6 Å². The topological polar surface area (TPSA) is 60.7 Å². The van der Waals surface area contributed by atoms with Gasteiger partial charge in [-0.15, -0.1) is 17.1 Å². The number of aryl methyl sites for hydroxylation is 2. The van der Waals surface area contributed by atoms with Gasteiger partial charge in [0.05, 0.1) is 12.2 Å². The maximum absolute atomic E-state index is 10.3. The molecular formula is C20H24O3S. The number of phenols is 1. The van der Waals surface area contributed by atoms with Gasteiger partial charge in [0, 0.05) is 17.7 Å². The Hall–Kier alpha value is -1.84. The van der Waals surface area contributed by atoms with Crippen LogP contribution in [0.3, 0.4) is 0 Å². The van der Waals surface area contributed by atoms with Gasteiger partial charge in [-0.05, 0) is 72.7 Å². The SMILES string of the molecule is CC(=C=CC[C@@H](O)c1cc(C)c(O)c(C)c1)C[C@@H](O)c1cccs1. The Morgan fingerprint density at radius 3 is 2.46 bits per heavy atom. The Balaban J connectivity index is 1.99. The smallest absolute Gasteiger partial charge is 0.121 e. The molecule has 0 saturated carbocycles. The van der Waals surface area contributed by atoms with E-state index in [1.54, 1.807) is 29.5 Å². The number of hydrogen-bond acceptors (Lipinski definition) is 4. The van der Waals surface area contributed by atoms with Crippen LogP contribution in [0.1, 0.15) is 53.5 Å². The van der Waals surface area contributed by atoms with Crippen molar-refractivity contribution in [1.29, 1.82) is 0 Å². The molecule has 24 heavy (non-hydrogen) atoms. The Kier molecular flexibility index (Phi) is 6.41. The molecule has 0 amide bonds. The molecule has 0 bridgehead atoms. The molecule has 1 heterocycles. The molecule has 0 aliphatic heterocycles. The first-order valence-electron chi connectivity index (χ1n) is 7.98. The Morgan fingerprint density at radius 2 is 1.88 bits per heavy atom. The van der Waals surface area contributed by atoms with Crippen LogP contribution in [-0.2, 0) is 0 Å². The van der Waals surface area contributed by atoms with Gasteiger partial charge in [0.1, 0.15) is 5.75 Å². The van der Waals surface area contributed by atoms with Crippen molar-refractivity contribution >= 4 is 11.3 Å². The monoisotopic (exact) mass is 344 g/mol. The van der Waals surface area contributed by atoms with E-state index in [9.17, 15) is 15.3 Å². The standard InChI is InChI=1S/C20H24O3S/c1-13(10-18(22)19-8-5-9-24-19)6-4-7-17(21)16-11-14(2)20(23)15(3)12-16/h4-5,8-9,11-12,17-18,21-23H,7,10H2,1-3H3/t6?,17-,18-/m1/s1. The van der Waals surface area contributed by atoms with Gasteiger partial charge in [-0.25, -0.2) is 0 Å². The maximum Gasteiger partial charge on any atom is 0.121 e. The lowest BCUT2D eigenvalue weighted by Gasteiger charge is -2.12. The van der Waals surface area contributed by atoms with Gasteiger partial charge in [-0.2, -0.15) is 0 Å². The molecule has 0 unspecified atom stereocenters. The number of hydrogen-bond donors (Lipinski definition) is 3. The zero-order valence-electron chi connectivity index (χ0n) is 14.3. The Labute approximate surface area is 147 Å². The molecular weight excluding hydrogens is 320 g/mol. The second-order valence-corrected chi connectivity index (χ2v) is 7.10. The van der Waals surface area contributed by atoms with Gasteiger partial charge in [-0.3, -0.25) is 0 Å². The number of aliphatic hydroxyl groups is 2. The summed E-state index contributed by atoms with van der Waals surface area (Å²) in [5, 5.41) is 32.2. The van der Waals surface area contributed by atoms with Crippen LogP contribution in [-0.4, -0.2) is 15.3 Å². The van der Waals surface area contributed by atoms with Crippen molar-refractivity contribution in [2.45, 2.75) is 45.8 Å². The molecule has 4 heteroatoms. The van der Waals surface area contributed by atoms with Crippen LogP contribution in [0.15, 0.2) is 47.0 Å². The number of aromatic hydroxyl groups is 1. The first-order valence-corrected chi connectivity index (χ1v) is 8.86. The van der Waals surface area contributed by atoms with E-state index >= 15 is 0 Å². The quantitative estimate of drug-likeness (QED) is 0.665. The van der Waals surface area contributed by atoms with E-state index < -0.39 is 12.2 Å². The normalized spacial score (nSPS) is 13.2. The van der Waals surface area contributed by atoms with Gasteiger partial charge < -0.3 is 15.3 Å². The zero-order valence-corrected chi connectivity index (χ0v) is 15.1. The molecule has 2 atom stereocenters. The second-order valence-electron chi connectivity index (χ2n) is 6.12. The number of thiophene rings is 1. The summed E-state index contributed by atoms with van der Waals surface area (Å²) in [4.78, 5) is 0.950. The average molecular weight is 344 g/mol. The molecule has 1 aromatic heterocycles. The summed E-state index contributed by atoms with van der Waals surface area (Å²) in [6, 6.07) is 7.46. The van der Waals surface area contributed by atoms with E-state index in [0.29, 0.717) is 12.8 Å². The summed E-state index contributed by atoms with van der Waals surface area (Å²) in [5.74, 6) is 0.278. The van der Waals surface area contributed by atoms with E-state index in [0.717, 1.165) is 27.1 Å². The first-order chi connectivity index (χ1) is 11.4. The zero-order chi connectivity index (χ0) is 17.7. The van der Waals surface area contributed by atoms with Crippen molar-refractivity contribution in [1.82, 2.24) is 0 Å². The van der Waals surface area contributed by atoms with Crippen LogP contribution < -0.4 is 0 Å². The van der Waals surface area contributed by atoms with Gasteiger partial charge in [-0.1, -0.05) is 6.07 Å². The van der Waals surface area contributed by atoms with Crippen LogP contribution >= 0.6 is 11.3 Å². The average Bonchev–Trinajstić information content (AvgIpc) is 3.06. The van der Waals surface area contributed by atoms with Crippen LogP contribution in [0.5, 0.6) is 5.75 Å². The van der Waals surface area contributed by atoms with Crippen LogP contribution in [0, 0.1) is 13.8 Å². The summed E-state index contributed by atoms with van der Waals surface area (Å²) < 4.78 is 0. The molecule has 0 fully saturated rings. The molecule has 0 aliphatic rings. The Bertz CT molecular complexity index is 717. The predicted molar refractivity (Wildman–Crippen MR) is 98.3 cm³/mol. The van der Waals surface area contributed by atoms with E-state index in [4.69, 9.17) is 0 Å². The van der Waals surface area contributed by atoms with Gasteiger partial charge in [0.15, 0.2) is 0 Å². The molecule has 0 saturated heterocycles. The van der Waals surface area contributed by atoms with Crippen molar-refractivity contribution in [2.75, 3.05) is 0 Å². The fourth-order valence-corrected chi connectivity index (χ4v) is 3.30. The summed E-state index contributed by atoms with van der Waals surface area (Å²) in [7, 11) is 0. The lowest BCUT2D eigenvalue weighted by Crippen LogP contribution is -1.97. The van der Waals surface area contributed by atoms with Gasteiger partial charge >= 0.3 is 0 Å². The van der Waals surface area contributed by atoms with Gasteiger partial charge in [0.25, 0.3) is 0 Å². The molecule has 0 spiro atoms. The van der Waals surface area contributed by atoms with E-state index in [2.05, 4.69) is 5.73 Å². The minimum Gasteiger partial charge on any atom is -0.507 e. The van der Waals surface area contributed by atoms with Crippen molar-refractivity contribution < 1.29 is 15.3 Å². The lowest BCUT2D eigenvalue weighted by atomic mass is 10.00. The molecule has 128 valence electrons. The molecule has 1 aromatic carbocycles. The number of rotatable bonds is 6. The Morgan fingerprint density at radius 1 is 1.21 bits per heavy atom. The highest BCUT2D eigenvalue weighted by Crippen LogP contribution is 2.28. The first kappa shape index (κ1) is 18.5. The highest BCUT2D eigenvalue weighted by atomic mass is 32.1. The fraction of sp³-hybridized carbons (Fsp3) is 0.350. The largest absolute Gasteiger partial charge is 0.507 e. The summed E-state index contributed by atoms with van der Waals surface area (Å²) in [5.41, 5.74) is 6.40. The predicted octanol–water partition coefficient (Wildman–Crippen LogP) is 4.72. The molecule has 3 N–H and O–H groups in total. The lowest BCUT2D eigenvalue weighted by molar-refractivity contribution is 0.181. The van der Waals surface area contributed by atoms with E-state index in [1.807, 2.05) is 38.3 Å². The highest BCUT2D eigenvalue weighted by Gasteiger charge is 2.11. The minimum absolute atomic E-state index is 0.278. The third-order valence-corrected chi connectivity index (χ3v) is 4.93. The second kappa shape index (κ2) is 8.32. The minimum atomic E-state index is -0.634. The third-order valence-electron chi connectivity index (χ3n) is 3.96. The molecule has 2 rings (SSSR count). The fourth-order valence-electron chi connectivity index (χ4n) is 2.59. The maximum atomic E-state index is 10.3. The number of phenolic OH excluding ortho intramolecular Hbond substituents is 1. The van der Waals surface area contributed by atoms with Crippen molar-refractivity contribution in [2.24, 2.45) is 0 Å². The van der Waals surface area contributed by atoms with Gasteiger partial charge in [0.2, 0.25) is 0 Å². The molecule has 3 nitrogen and oxygen atoms in total. The van der Waals surface area contributed by atoms with E-state index in [-0.39, 0.29) is 5.75 Å². The summed E-state index contributed by atoms with van der Waals surface area (Å²) >= 11 is 1.54. The summed E-state index contributed by atoms with van der Waals surface area (Å²) in [6.07, 6.45) is 1.64. The van der Waals surface area contributed by atoms with Crippen molar-refractivity contribution in [3.8, 4) is 5.75 Å². The van der Waals surface area contributed by atoms with Crippen LogP contribution in [0.4, 0.5) is 0 Å². The van der Waals surface area contributed by atoms with Crippen LogP contribution in [0.25, 0.3) is 0 Å². The van der Waals surface area contributed by atoms with Crippen molar-refractivity contribution in [3.63, 3.8) is 0 Å². The summed E-state index contributed by atoms with van der Waals surface area (Å²) in [6.45, 7) is 5.57. The molecule has 0 radical (unpaired) electrons. The highest BCUT2D eigenvalue weighted by molar-refractivity contribution is 7.10. The number of aliphatic hydroxyl groups excluding tert-OH is 2. The molecule has 0 aliphatic carbocycles.